The minimum absolute atomic E-state index is 0. The van der Waals surface area contributed by atoms with E-state index in [0.29, 0.717) is 6.61 Å². The summed E-state index contributed by atoms with van der Waals surface area (Å²) in [7, 11) is 1.78. The Labute approximate surface area is 53.7 Å². The number of morpholine rings is 1. The first-order valence-electron chi connectivity index (χ1n) is 2.62. The van der Waals surface area contributed by atoms with Gasteiger partial charge in [0.2, 0.25) is 5.91 Å². The Bertz CT molecular complexity index is 104. The lowest BCUT2D eigenvalue weighted by Gasteiger charge is -2.21. The molecule has 1 amide bonds. The van der Waals surface area contributed by atoms with Gasteiger partial charge in [-0.3, -0.25) is 4.79 Å². The highest BCUT2D eigenvalue weighted by Gasteiger charge is 2.12. The summed E-state index contributed by atoms with van der Waals surface area (Å²) in [4.78, 5) is 12.3. The largest absolute Gasteiger partial charge is 0.412 e. The van der Waals surface area contributed by atoms with Gasteiger partial charge >= 0.3 is 0 Å². The van der Waals surface area contributed by atoms with Crippen LogP contribution in [0, 0.1) is 0 Å². The highest BCUT2D eigenvalue weighted by molar-refractivity contribution is 5.77. The average Bonchev–Trinajstić information content (AvgIpc) is 1.77. The first-order valence-corrected chi connectivity index (χ1v) is 2.62. The summed E-state index contributed by atoms with van der Waals surface area (Å²) in [5.41, 5.74) is 0. The predicted octanol–water partition coefficient (Wildman–Crippen LogP) is -1.35. The molecular formula is C5H11NO3. The van der Waals surface area contributed by atoms with Gasteiger partial charge in [0.1, 0.15) is 6.61 Å². The molecule has 4 nitrogen and oxygen atoms in total. The van der Waals surface area contributed by atoms with Crippen molar-refractivity contribution in [1.82, 2.24) is 4.90 Å². The molecule has 1 fully saturated rings. The summed E-state index contributed by atoms with van der Waals surface area (Å²) in [6, 6.07) is 0. The van der Waals surface area contributed by atoms with Crippen LogP contribution in [0.3, 0.4) is 0 Å². The first kappa shape index (κ1) is 8.39. The van der Waals surface area contributed by atoms with Crippen molar-refractivity contribution in [2.45, 2.75) is 0 Å². The van der Waals surface area contributed by atoms with Gasteiger partial charge in [-0.25, -0.2) is 0 Å². The van der Waals surface area contributed by atoms with Crippen molar-refractivity contribution in [3.8, 4) is 0 Å². The van der Waals surface area contributed by atoms with Gasteiger partial charge in [-0.05, 0) is 0 Å². The summed E-state index contributed by atoms with van der Waals surface area (Å²) in [6.45, 7) is 1.68. The Morgan fingerprint density at radius 3 is 2.67 bits per heavy atom. The van der Waals surface area contributed by atoms with Crippen molar-refractivity contribution >= 4 is 5.91 Å². The second kappa shape index (κ2) is 3.42. The van der Waals surface area contributed by atoms with Crippen molar-refractivity contribution in [3.63, 3.8) is 0 Å². The first-order chi connectivity index (χ1) is 3.80. The van der Waals surface area contributed by atoms with Crippen LogP contribution >= 0.6 is 0 Å². The highest BCUT2D eigenvalue weighted by Crippen LogP contribution is 1.92. The molecule has 4 heteroatoms. The summed E-state index contributed by atoms with van der Waals surface area (Å²) < 4.78 is 4.86. The van der Waals surface area contributed by atoms with Gasteiger partial charge in [0.25, 0.3) is 0 Å². The molecule has 0 unspecified atom stereocenters. The fraction of sp³-hybridized carbons (Fsp3) is 0.800. The van der Waals surface area contributed by atoms with Crippen molar-refractivity contribution in [1.29, 1.82) is 0 Å². The van der Waals surface area contributed by atoms with Crippen LogP contribution in [-0.4, -0.2) is 43.1 Å². The predicted molar refractivity (Wildman–Crippen MR) is 32.1 cm³/mol. The minimum Gasteiger partial charge on any atom is -0.412 e. The maximum absolute atomic E-state index is 10.6. The van der Waals surface area contributed by atoms with Gasteiger partial charge in [0.05, 0.1) is 6.61 Å². The number of carbonyl (C=O) groups is 1. The van der Waals surface area contributed by atoms with E-state index < -0.39 is 0 Å². The molecule has 0 spiro atoms. The van der Waals surface area contributed by atoms with Gasteiger partial charge < -0.3 is 15.1 Å². The molecule has 1 heterocycles. The summed E-state index contributed by atoms with van der Waals surface area (Å²) in [5, 5.41) is 0. The highest BCUT2D eigenvalue weighted by atomic mass is 16.5. The van der Waals surface area contributed by atoms with Crippen LogP contribution in [0.1, 0.15) is 0 Å². The normalized spacial score (nSPS) is 19.2. The smallest absolute Gasteiger partial charge is 0.248 e. The van der Waals surface area contributed by atoms with E-state index >= 15 is 0 Å². The molecule has 54 valence electrons. The topological polar surface area (TPSA) is 61.0 Å². The molecule has 9 heavy (non-hydrogen) atoms. The molecule has 0 aromatic heterocycles. The van der Waals surface area contributed by atoms with Gasteiger partial charge in [0.15, 0.2) is 0 Å². The van der Waals surface area contributed by atoms with Crippen LogP contribution in [0.15, 0.2) is 0 Å². The molecular weight excluding hydrogens is 122 g/mol. The number of ether oxygens (including phenoxy) is 1. The van der Waals surface area contributed by atoms with Crippen LogP contribution in [0.2, 0.25) is 0 Å². The average molecular weight is 133 g/mol. The van der Waals surface area contributed by atoms with Crippen LogP contribution in [-0.2, 0) is 9.53 Å². The van der Waals surface area contributed by atoms with Crippen LogP contribution in [0.5, 0.6) is 0 Å². The van der Waals surface area contributed by atoms with E-state index in [2.05, 4.69) is 0 Å². The van der Waals surface area contributed by atoms with Crippen molar-refractivity contribution in [3.05, 3.63) is 0 Å². The Morgan fingerprint density at radius 2 is 2.33 bits per heavy atom. The standard InChI is InChI=1S/C5H9NO2.H2O/c1-6-2-3-8-4-5(6)7;/h2-4H2,1H3;1H2. The molecule has 0 saturated carbocycles. The van der Waals surface area contributed by atoms with Crippen LogP contribution in [0.4, 0.5) is 0 Å². The Kier molecular flexibility index (Phi) is 3.19. The second-order valence-corrected chi connectivity index (χ2v) is 1.87. The molecule has 0 aliphatic carbocycles. The van der Waals surface area contributed by atoms with E-state index in [4.69, 9.17) is 4.74 Å². The van der Waals surface area contributed by atoms with E-state index in [9.17, 15) is 4.79 Å². The third-order valence-corrected chi connectivity index (χ3v) is 1.22. The van der Waals surface area contributed by atoms with E-state index in [-0.39, 0.29) is 18.0 Å². The molecule has 1 saturated heterocycles. The molecule has 2 N–H and O–H groups in total. The Hall–Kier alpha value is -0.610. The molecule has 0 aromatic rings. The van der Waals surface area contributed by atoms with Gasteiger partial charge in [-0.2, -0.15) is 0 Å². The fourth-order valence-corrected chi connectivity index (χ4v) is 0.596. The van der Waals surface area contributed by atoms with Crippen molar-refractivity contribution in [2.75, 3.05) is 26.8 Å². The number of carbonyl (C=O) groups excluding carboxylic acids is 1. The zero-order valence-electron chi connectivity index (χ0n) is 5.39. The summed E-state index contributed by atoms with van der Waals surface area (Å²) in [5.74, 6) is 0.0799. The quantitative estimate of drug-likeness (QED) is 0.410. The number of nitrogens with zero attached hydrogens (tertiary/aromatic N) is 1. The van der Waals surface area contributed by atoms with Crippen LogP contribution < -0.4 is 0 Å². The maximum Gasteiger partial charge on any atom is 0.248 e. The second-order valence-electron chi connectivity index (χ2n) is 1.87. The number of likely N-dealkylation sites (N-methyl/N-ethyl adjacent to an activating group) is 1. The van der Waals surface area contributed by atoms with Gasteiger partial charge in [0, 0.05) is 13.6 Å². The zero-order valence-corrected chi connectivity index (χ0v) is 5.39. The number of rotatable bonds is 0. The molecule has 1 aliphatic heterocycles. The third-order valence-electron chi connectivity index (χ3n) is 1.22. The van der Waals surface area contributed by atoms with E-state index in [1.165, 1.54) is 0 Å². The lowest BCUT2D eigenvalue weighted by atomic mass is 10.4. The zero-order chi connectivity index (χ0) is 5.98. The van der Waals surface area contributed by atoms with E-state index in [0.717, 1.165) is 6.54 Å². The number of amides is 1. The molecule has 0 atom stereocenters. The van der Waals surface area contributed by atoms with E-state index in [1.807, 2.05) is 0 Å². The van der Waals surface area contributed by atoms with E-state index in [1.54, 1.807) is 11.9 Å². The fourth-order valence-electron chi connectivity index (χ4n) is 0.596. The maximum atomic E-state index is 10.6. The summed E-state index contributed by atoms with van der Waals surface area (Å²) >= 11 is 0. The molecule has 1 rings (SSSR count). The van der Waals surface area contributed by atoms with Crippen molar-refractivity contribution < 1.29 is 15.0 Å². The molecule has 0 aromatic carbocycles. The monoisotopic (exact) mass is 133 g/mol. The Morgan fingerprint density at radius 1 is 1.67 bits per heavy atom. The number of hydrogen-bond acceptors (Lipinski definition) is 2. The lowest BCUT2D eigenvalue weighted by molar-refractivity contribution is -0.140. The molecule has 1 aliphatic rings. The molecule has 0 radical (unpaired) electrons. The van der Waals surface area contributed by atoms with Crippen LogP contribution in [0.25, 0.3) is 0 Å². The molecule has 0 bridgehead atoms. The van der Waals surface area contributed by atoms with Gasteiger partial charge in [-0.1, -0.05) is 0 Å². The summed E-state index contributed by atoms with van der Waals surface area (Å²) in [6.07, 6.45) is 0. The van der Waals surface area contributed by atoms with Gasteiger partial charge in [-0.15, -0.1) is 0 Å². The number of hydrogen-bond donors (Lipinski definition) is 0. The third kappa shape index (κ3) is 1.99. The Balaban J connectivity index is 0.000000640. The minimum atomic E-state index is 0. The lowest BCUT2D eigenvalue weighted by Crippen LogP contribution is -2.38. The van der Waals surface area contributed by atoms with Crippen molar-refractivity contribution in [2.24, 2.45) is 0 Å². The SMILES string of the molecule is CN1CCOCC1=O.O.